The first-order valence-corrected chi connectivity index (χ1v) is 10.0. The van der Waals surface area contributed by atoms with E-state index in [2.05, 4.69) is 37.7 Å². The maximum Gasteiger partial charge on any atom is 0.255 e. The number of anilines is 3. The molecule has 0 aliphatic carbocycles. The number of nitrogens with one attached hydrogen (secondary N) is 3. The van der Waals surface area contributed by atoms with E-state index in [1.807, 2.05) is 26.1 Å². The molecular formula is C21H30N6O2. The summed E-state index contributed by atoms with van der Waals surface area (Å²) < 4.78 is 5.38. The molecule has 3 N–H and O–H groups in total. The van der Waals surface area contributed by atoms with E-state index >= 15 is 0 Å². The van der Waals surface area contributed by atoms with E-state index in [4.69, 9.17) is 4.74 Å². The number of methoxy groups -OCH3 is 1. The monoisotopic (exact) mass is 398 g/mol. The lowest BCUT2D eigenvalue weighted by Crippen LogP contribution is -2.36. The topological polar surface area (TPSA) is 91.4 Å². The maximum absolute atomic E-state index is 12.8. The van der Waals surface area contributed by atoms with Crippen LogP contribution in [0.3, 0.4) is 0 Å². The molecule has 8 nitrogen and oxygen atoms in total. The van der Waals surface area contributed by atoms with E-state index < -0.39 is 0 Å². The predicted octanol–water partition coefficient (Wildman–Crippen LogP) is 2.79. The molecule has 8 heteroatoms. The standard InChI is InChI=1S/C21H30N6O2/c1-14-12-19(22-3)26-21(24-14)25-16-7-8-18(29-4)17(13-16)20(28)23-9-11-27-10-5-6-15(27)2/h7-8,12-13,15H,5-6,9-11H2,1-4H3,(H,23,28)(H2,22,24,25,26)/t15-/m1/s1. The van der Waals surface area contributed by atoms with Crippen molar-refractivity contribution in [3.8, 4) is 5.75 Å². The largest absolute Gasteiger partial charge is 0.496 e. The number of hydrogen-bond acceptors (Lipinski definition) is 7. The van der Waals surface area contributed by atoms with Crippen LogP contribution in [0.15, 0.2) is 24.3 Å². The summed E-state index contributed by atoms with van der Waals surface area (Å²) >= 11 is 0. The molecule has 1 aromatic heterocycles. The molecule has 1 fully saturated rings. The second-order valence-electron chi connectivity index (χ2n) is 7.29. The molecule has 29 heavy (non-hydrogen) atoms. The van der Waals surface area contributed by atoms with Gasteiger partial charge in [0.15, 0.2) is 0 Å². The van der Waals surface area contributed by atoms with Crippen molar-refractivity contribution in [1.29, 1.82) is 0 Å². The number of aromatic nitrogens is 2. The van der Waals surface area contributed by atoms with E-state index in [0.717, 1.165) is 30.3 Å². The summed E-state index contributed by atoms with van der Waals surface area (Å²) in [6.45, 7) is 6.71. The summed E-state index contributed by atoms with van der Waals surface area (Å²) in [7, 11) is 3.37. The quantitative estimate of drug-likeness (QED) is 0.630. The average molecular weight is 399 g/mol. The van der Waals surface area contributed by atoms with Gasteiger partial charge in [-0.1, -0.05) is 0 Å². The molecule has 1 aliphatic rings. The van der Waals surface area contributed by atoms with Crippen LogP contribution in [0.2, 0.25) is 0 Å². The van der Waals surface area contributed by atoms with Crippen LogP contribution in [-0.2, 0) is 0 Å². The number of ether oxygens (including phenoxy) is 1. The van der Waals surface area contributed by atoms with Crippen molar-refractivity contribution in [3.05, 3.63) is 35.5 Å². The minimum atomic E-state index is -0.154. The number of rotatable bonds is 8. The van der Waals surface area contributed by atoms with Crippen molar-refractivity contribution in [3.63, 3.8) is 0 Å². The van der Waals surface area contributed by atoms with Gasteiger partial charge in [0.25, 0.3) is 5.91 Å². The van der Waals surface area contributed by atoms with Crippen LogP contribution in [0.1, 0.15) is 35.8 Å². The Morgan fingerprint density at radius 1 is 1.31 bits per heavy atom. The van der Waals surface area contributed by atoms with Gasteiger partial charge in [0.1, 0.15) is 11.6 Å². The smallest absolute Gasteiger partial charge is 0.255 e. The molecule has 1 amide bonds. The van der Waals surface area contributed by atoms with Gasteiger partial charge < -0.3 is 20.7 Å². The zero-order valence-electron chi connectivity index (χ0n) is 17.6. The second-order valence-corrected chi connectivity index (χ2v) is 7.29. The fourth-order valence-corrected chi connectivity index (χ4v) is 3.58. The minimum absolute atomic E-state index is 0.154. The minimum Gasteiger partial charge on any atom is -0.496 e. The summed E-state index contributed by atoms with van der Waals surface area (Å²) in [5.41, 5.74) is 2.04. The molecule has 156 valence electrons. The number of likely N-dealkylation sites (tertiary alicyclic amines) is 1. The molecule has 2 heterocycles. The lowest BCUT2D eigenvalue weighted by Gasteiger charge is -2.21. The van der Waals surface area contributed by atoms with Gasteiger partial charge in [-0.3, -0.25) is 9.69 Å². The number of carbonyl (C=O) groups excluding carboxylic acids is 1. The average Bonchev–Trinajstić information content (AvgIpc) is 3.12. The van der Waals surface area contributed by atoms with E-state index in [-0.39, 0.29) is 5.91 Å². The molecule has 0 radical (unpaired) electrons. The molecule has 0 spiro atoms. The Hall–Kier alpha value is -2.87. The van der Waals surface area contributed by atoms with Crippen LogP contribution >= 0.6 is 0 Å². The Kier molecular flexibility index (Phi) is 6.87. The number of amides is 1. The summed E-state index contributed by atoms with van der Waals surface area (Å²) in [6.07, 6.45) is 2.46. The lowest BCUT2D eigenvalue weighted by atomic mass is 10.1. The summed E-state index contributed by atoms with van der Waals surface area (Å²) in [4.78, 5) is 24.0. The maximum atomic E-state index is 12.8. The molecule has 3 rings (SSSR count). The van der Waals surface area contributed by atoms with Crippen LogP contribution in [0.25, 0.3) is 0 Å². The molecule has 1 aromatic carbocycles. The highest BCUT2D eigenvalue weighted by atomic mass is 16.5. The first-order chi connectivity index (χ1) is 14.0. The highest BCUT2D eigenvalue weighted by Crippen LogP contribution is 2.24. The van der Waals surface area contributed by atoms with Crippen molar-refractivity contribution >= 4 is 23.4 Å². The zero-order chi connectivity index (χ0) is 20.8. The van der Waals surface area contributed by atoms with Gasteiger partial charge in [-0.25, -0.2) is 4.98 Å². The van der Waals surface area contributed by atoms with Crippen LogP contribution in [0.4, 0.5) is 17.5 Å². The normalized spacial score (nSPS) is 16.5. The van der Waals surface area contributed by atoms with E-state index in [1.165, 1.54) is 12.8 Å². The summed E-state index contributed by atoms with van der Waals surface area (Å²) in [6, 6.07) is 7.82. The van der Waals surface area contributed by atoms with Crippen LogP contribution in [0.5, 0.6) is 5.75 Å². The highest BCUT2D eigenvalue weighted by Gasteiger charge is 2.20. The van der Waals surface area contributed by atoms with Gasteiger partial charge >= 0.3 is 0 Å². The van der Waals surface area contributed by atoms with Gasteiger partial charge in [0, 0.05) is 43.6 Å². The molecule has 1 saturated heterocycles. The molecule has 2 aromatic rings. The van der Waals surface area contributed by atoms with E-state index in [9.17, 15) is 4.79 Å². The van der Waals surface area contributed by atoms with Crippen molar-refractivity contribution in [1.82, 2.24) is 20.2 Å². The molecule has 0 unspecified atom stereocenters. The van der Waals surface area contributed by atoms with Crippen molar-refractivity contribution in [2.45, 2.75) is 32.7 Å². The van der Waals surface area contributed by atoms with Gasteiger partial charge in [-0.05, 0) is 51.4 Å². The first-order valence-electron chi connectivity index (χ1n) is 10.0. The number of nitrogens with zero attached hydrogens (tertiary/aromatic N) is 3. The third kappa shape index (κ3) is 5.35. The Labute approximate surface area is 172 Å². The predicted molar refractivity (Wildman–Crippen MR) is 115 cm³/mol. The Bertz CT molecular complexity index is 857. The Balaban J connectivity index is 1.69. The molecule has 1 atom stereocenters. The third-order valence-corrected chi connectivity index (χ3v) is 5.19. The molecule has 0 bridgehead atoms. The van der Waals surface area contributed by atoms with Crippen LogP contribution < -0.4 is 20.7 Å². The second kappa shape index (κ2) is 9.56. The number of benzene rings is 1. The molecule has 1 aliphatic heterocycles. The number of hydrogen-bond donors (Lipinski definition) is 3. The Morgan fingerprint density at radius 2 is 2.14 bits per heavy atom. The third-order valence-electron chi connectivity index (χ3n) is 5.19. The molecular weight excluding hydrogens is 368 g/mol. The van der Waals surface area contributed by atoms with E-state index in [0.29, 0.717) is 29.8 Å². The van der Waals surface area contributed by atoms with Gasteiger partial charge in [-0.2, -0.15) is 4.98 Å². The first kappa shape index (κ1) is 20.9. The summed E-state index contributed by atoms with van der Waals surface area (Å²) in [5.74, 6) is 1.57. The van der Waals surface area contributed by atoms with Gasteiger partial charge in [-0.15, -0.1) is 0 Å². The van der Waals surface area contributed by atoms with Gasteiger partial charge in [0.2, 0.25) is 5.95 Å². The fraction of sp³-hybridized carbons (Fsp3) is 0.476. The van der Waals surface area contributed by atoms with Crippen molar-refractivity contribution < 1.29 is 9.53 Å². The zero-order valence-corrected chi connectivity index (χ0v) is 17.6. The van der Waals surface area contributed by atoms with Gasteiger partial charge in [0.05, 0.1) is 12.7 Å². The summed E-state index contributed by atoms with van der Waals surface area (Å²) in [5, 5.41) is 9.19. The number of aryl methyl sites for hydroxylation is 1. The number of carbonyl (C=O) groups is 1. The van der Waals surface area contributed by atoms with E-state index in [1.54, 1.807) is 19.2 Å². The Morgan fingerprint density at radius 3 is 2.83 bits per heavy atom. The van der Waals surface area contributed by atoms with Crippen molar-refractivity contribution in [2.24, 2.45) is 0 Å². The van der Waals surface area contributed by atoms with Crippen molar-refractivity contribution in [2.75, 3.05) is 44.4 Å². The van der Waals surface area contributed by atoms with Crippen LogP contribution in [-0.4, -0.2) is 60.6 Å². The lowest BCUT2D eigenvalue weighted by molar-refractivity contribution is 0.0944. The SMILES string of the molecule is CNc1cc(C)nc(Nc2ccc(OC)c(C(=O)NCCN3CCC[C@H]3C)c2)n1. The highest BCUT2D eigenvalue weighted by molar-refractivity contribution is 5.98. The fourth-order valence-electron chi connectivity index (χ4n) is 3.58. The molecule has 0 saturated carbocycles. The van der Waals surface area contributed by atoms with Crippen LogP contribution in [0, 0.1) is 6.92 Å².